The van der Waals surface area contributed by atoms with E-state index in [1.165, 1.54) is 0 Å². The molecule has 1 fully saturated rings. The standard InChI is InChI=1S/C22H23N5O2/c28-22(18-6-3-5-17(15-18)21-24-9-4-10-25-21)26-16-20(19-7-1-2-8-23-19)27-11-13-29-14-12-27/h1-10,15,20H,11-14,16H2,(H,26,28). The van der Waals surface area contributed by atoms with Gasteiger partial charge in [-0.15, -0.1) is 0 Å². The molecule has 4 rings (SSSR count). The van der Waals surface area contributed by atoms with Gasteiger partial charge in [-0.05, 0) is 30.3 Å². The first-order valence-corrected chi connectivity index (χ1v) is 9.69. The molecule has 0 spiro atoms. The highest BCUT2D eigenvalue weighted by Gasteiger charge is 2.24. The fourth-order valence-corrected chi connectivity index (χ4v) is 3.42. The molecule has 0 radical (unpaired) electrons. The van der Waals surface area contributed by atoms with Crippen LogP contribution in [0.3, 0.4) is 0 Å². The van der Waals surface area contributed by atoms with Crippen molar-refractivity contribution in [3.63, 3.8) is 0 Å². The van der Waals surface area contributed by atoms with Gasteiger partial charge >= 0.3 is 0 Å². The van der Waals surface area contributed by atoms with Crippen LogP contribution in [0.2, 0.25) is 0 Å². The molecule has 0 saturated carbocycles. The molecule has 3 heterocycles. The molecule has 3 aromatic rings. The SMILES string of the molecule is O=C(NCC(c1ccccn1)N1CCOCC1)c1cccc(-c2ncccn2)c1. The van der Waals surface area contributed by atoms with Crippen molar-refractivity contribution >= 4 is 5.91 Å². The van der Waals surface area contributed by atoms with Crippen LogP contribution in [0.5, 0.6) is 0 Å². The molecule has 2 aromatic heterocycles. The third-order valence-electron chi connectivity index (χ3n) is 4.92. The zero-order chi connectivity index (χ0) is 19.9. The molecule has 0 aliphatic carbocycles. The number of pyridine rings is 1. The van der Waals surface area contributed by atoms with Crippen LogP contribution < -0.4 is 5.32 Å². The van der Waals surface area contributed by atoms with Crippen LogP contribution >= 0.6 is 0 Å². The van der Waals surface area contributed by atoms with Gasteiger partial charge in [0.25, 0.3) is 5.91 Å². The van der Waals surface area contributed by atoms with Crippen LogP contribution in [0, 0.1) is 0 Å². The number of amides is 1. The predicted octanol–water partition coefficient (Wildman–Crippen LogP) is 2.34. The van der Waals surface area contributed by atoms with Gasteiger partial charge in [-0.25, -0.2) is 9.97 Å². The summed E-state index contributed by atoms with van der Waals surface area (Å²) in [7, 11) is 0. The lowest BCUT2D eigenvalue weighted by atomic mass is 10.1. The minimum atomic E-state index is -0.128. The van der Waals surface area contributed by atoms with Gasteiger partial charge in [0.15, 0.2) is 5.82 Å². The van der Waals surface area contributed by atoms with E-state index < -0.39 is 0 Å². The van der Waals surface area contributed by atoms with Gasteiger partial charge in [-0.3, -0.25) is 14.7 Å². The molecule has 1 aliphatic rings. The molecule has 1 atom stereocenters. The lowest BCUT2D eigenvalue weighted by molar-refractivity contribution is 0.0154. The van der Waals surface area contributed by atoms with E-state index in [1.807, 2.05) is 36.4 Å². The van der Waals surface area contributed by atoms with Crippen LogP contribution in [-0.2, 0) is 4.74 Å². The number of hydrogen-bond donors (Lipinski definition) is 1. The third kappa shape index (κ3) is 4.82. The highest BCUT2D eigenvalue weighted by Crippen LogP contribution is 2.20. The van der Waals surface area contributed by atoms with E-state index in [1.54, 1.807) is 30.7 Å². The smallest absolute Gasteiger partial charge is 0.251 e. The van der Waals surface area contributed by atoms with Gasteiger partial charge < -0.3 is 10.1 Å². The van der Waals surface area contributed by atoms with Crippen molar-refractivity contribution in [2.24, 2.45) is 0 Å². The predicted molar refractivity (Wildman–Crippen MR) is 109 cm³/mol. The summed E-state index contributed by atoms with van der Waals surface area (Å²) in [5, 5.41) is 3.07. The Balaban J connectivity index is 1.48. The maximum Gasteiger partial charge on any atom is 0.251 e. The molecule has 1 unspecified atom stereocenters. The van der Waals surface area contributed by atoms with Crippen LogP contribution in [0.25, 0.3) is 11.4 Å². The summed E-state index contributed by atoms with van der Waals surface area (Å²) < 4.78 is 5.47. The van der Waals surface area contributed by atoms with E-state index in [4.69, 9.17) is 4.74 Å². The minimum Gasteiger partial charge on any atom is -0.379 e. The van der Waals surface area contributed by atoms with Crippen molar-refractivity contribution in [1.82, 2.24) is 25.2 Å². The van der Waals surface area contributed by atoms with Crippen molar-refractivity contribution in [3.8, 4) is 11.4 Å². The van der Waals surface area contributed by atoms with E-state index in [-0.39, 0.29) is 11.9 Å². The Morgan fingerprint density at radius 3 is 2.55 bits per heavy atom. The van der Waals surface area contributed by atoms with Gasteiger partial charge in [-0.1, -0.05) is 18.2 Å². The number of aromatic nitrogens is 3. The maximum absolute atomic E-state index is 12.8. The molecule has 148 valence electrons. The van der Waals surface area contributed by atoms with Crippen LogP contribution in [0.1, 0.15) is 22.1 Å². The second kappa shape index (κ2) is 9.36. The molecule has 1 aromatic carbocycles. The number of carbonyl (C=O) groups excluding carboxylic acids is 1. The number of morpholine rings is 1. The third-order valence-corrected chi connectivity index (χ3v) is 4.92. The van der Waals surface area contributed by atoms with Crippen LogP contribution in [0.4, 0.5) is 0 Å². The summed E-state index contributed by atoms with van der Waals surface area (Å²) in [5.41, 5.74) is 2.34. The quantitative estimate of drug-likeness (QED) is 0.697. The van der Waals surface area contributed by atoms with Crippen molar-refractivity contribution in [2.45, 2.75) is 6.04 Å². The average Bonchev–Trinajstić information content (AvgIpc) is 2.81. The highest BCUT2D eigenvalue weighted by molar-refractivity contribution is 5.95. The Morgan fingerprint density at radius 1 is 1.00 bits per heavy atom. The second-order valence-electron chi connectivity index (χ2n) is 6.78. The topological polar surface area (TPSA) is 80.2 Å². The monoisotopic (exact) mass is 389 g/mol. The molecule has 1 aliphatic heterocycles. The molecule has 1 saturated heterocycles. The van der Waals surface area contributed by atoms with E-state index >= 15 is 0 Å². The fourth-order valence-electron chi connectivity index (χ4n) is 3.42. The van der Waals surface area contributed by atoms with Gasteiger partial charge in [0.05, 0.1) is 24.9 Å². The lowest BCUT2D eigenvalue weighted by Crippen LogP contribution is -2.44. The van der Waals surface area contributed by atoms with Crippen molar-refractivity contribution in [2.75, 3.05) is 32.8 Å². The summed E-state index contributed by atoms with van der Waals surface area (Å²) in [5.74, 6) is 0.471. The Morgan fingerprint density at radius 2 is 1.79 bits per heavy atom. The van der Waals surface area contributed by atoms with E-state index in [2.05, 4.69) is 25.2 Å². The zero-order valence-electron chi connectivity index (χ0n) is 16.1. The molecule has 1 amide bonds. The number of nitrogens with one attached hydrogen (secondary N) is 1. The van der Waals surface area contributed by atoms with Gasteiger partial charge in [0.2, 0.25) is 0 Å². The molecular formula is C22H23N5O2. The normalized spacial score (nSPS) is 15.6. The Bertz CT molecular complexity index is 930. The maximum atomic E-state index is 12.8. The fraction of sp³-hybridized carbons (Fsp3) is 0.273. The van der Waals surface area contributed by atoms with Gasteiger partial charge in [0, 0.05) is 49.4 Å². The van der Waals surface area contributed by atoms with Crippen molar-refractivity contribution < 1.29 is 9.53 Å². The Hall–Kier alpha value is -3.16. The summed E-state index contributed by atoms with van der Waals surface area (Å²) >= 11 is 0. The minimum absolute atomic E-state index is 0.00434. The van der Waals surface area contributed by atoms with E-state index in [0.29, 0.717) is 31.1 Å². The molecule has 7 nitrogen and oxygen atoms in total. The zero-order valence-corrected chi connectivity index (χ0v) is 16.1. The first-order valence-electron chi connectivity index (χ1n) is 9.69. The van der Waals surface area contributed by atoms with Gasteiger partial charge in [-0.2, -0.15) is 0 Å². The molecule has 7 heteroatoms. The summed E-state index contributed by atoms with van der Waals surface area (Å²) in [6.45, 7) is 3.49. The molecule has 0 bridgehead atoms. The Kier molecular flexibility index (Phi) is 6.19. The summed E-state index contributed by atoms with van der Waals surface area (Å²) in [4.78, 5) is 28.2. The molecule has 1 N–H and O–H groups in total. The van der Waals surface area contributed by atoms with E-state index in [9.17, 15) is 4.79 Å². The van der Waals surface area contributed by atoms with Crippen molar-refractivity contribution in [1.29, 1.82) is 0 Å². The summed E-state index contributed by atoms with van der Waals surface area (Å²) in [6.07, 6.45) is 5.16. The Labute approximate surface area is 169 Å². The average molecular weight is 389 g/mol. The molecule has 29 heavy (non-hydrogen) atoms. The van der Waals surface area contributed by atoms with Gasteiger partial charge in [0.1, 0.15) is 0 Å². The first kappa shape index (κ1) is 19.2. The first-order chi connectivity index (χ1) is 14.3. The number of rotatable bonds is 6. The van der Waals surface area contributed by atoms with Crippen LogP contribution in [0.15, 0.2) is 67.1 Å². The van der Waals surface area contributed by atoms with E-state index in [0.717, 1.165) is 24.3 Å². The highest BCUT2D eigenvalue weighted by atomic mass is 16.5. The largest absolute Gasteiger partial charge is 0.379 e. The van der Waals surface area contributed by atoms with Crippen LogP contribution in [-0.4, -0.2) is 58.6 Å². The second-order valence-corrected chi connectivity index (χ2v) is 6.78. The number of benzene rings is 1. The number of carbonyl (C=O) groups is 1. The molecular weight excluding hydrogens is 366 g/mol. The summed E-state index contributed by atoms with van der Waals surface area (Å²) in [6, 6.07) is 15.0. The van der Waals surface area contributed by atoms with Crippen molar-refractivity contribution in [3.05, 3.63) is 78.4 Å². The number of nitrogens with zero attached hydrogens (tertiary/aromatic N) is 4. The lowest BCUT2D eigenvalue weighted by Gasteiger charge is -2.34. The number of ether oxygens (including phenoxy) is 1. The number of hydrogen-bond acceptors (Lipinski definition) is 6.